The molecule has 1 fully saturated rings. The van der Waals surface area contributed by atoms with Gasteiger partial charge in [-0.05, 0) is 36.3 Å². The van der Waals surface area contributed by atoms with Crippen LogP contribution in [0.25, 0.3) is 5.57 Å². The maximum atomic E-state index is 10.7. The number of aliphatic carboxylic acids is 1. The van der Waals surface area contributed by atoms with E-state index in [9.17, 15) is 4.79 Å². The van der Waals surface area contributed by atoms with E-state index in [0.717, 1.165) is 61.3 Å². The molecule has 7 nitrogen and oxygen atoms in total. The van der Waals surface area contributed by atoms with E-state index in [4.69, 9.17) is 10.1 Å². The fourth-order valence-corrected chi connectivity index (χ4v) is 2.74. The van der Waals surface area contributed by atoms with Crippen molar-refractivity contribution in [3.8, 4) is 0 Å². The van der Waals surface area contributed by atoms with Gasteiger partial charge in [0.15, 0.2) is 0 Å². The van der Waals surface area contributed by atoms with Crippen molar-refractivity contribution < 1.29 is 9.90 Å². The number of hydrogen-bond acceptors (Lipinski definition) is 6. The SMILES string of the molecule is O=C(O)C=CC1=CNCC(c2cncc(N3CCCNCC3)n2)=C1. The van der Waals surface area contributed by atoms with Gasteiger partial charge in [0, 0.05) is 38.5 Å². The Bertz CT molecular complexity index is 688. The Hall–Kier alpha value is -2.67. The summed E-state index contributed by atoms with van der Waals surface area (Å²) in [5.41, 5.74) is 2.60. The number of dihydropyridines is 1. The Balaban J connectivity index is 1.80. The predicted octanol–water partition coefficient (Wildman–Crippen LogP) is 0.788. The minimum atomic E-state index is -0.965. The molecule has 0 atom stereocenters. The quantitative estimate of drug-likeness (QED) is 0.704. The molecular weight excluding hydrogens is 306 g/mol. The second-order valence-electron chi connectivity index (χ2n) is 5.72. The lowest BCUT2D eigenvalue weighted by Gasteiger charge is -2.22. The second kappa shape index (κ2) is 7.74. The number of carboxylic acids is 1. The van der Waals surface area contributed by atoms with Crippen LogP contribution in [0.4, 0.5) is 5.82 Å². The highest BCUT2D eigenvalue weighted by molar-refractivity contribution is 5.81. The van der Waals surface area contributed by atoms with Crippen molar-refractivity contribution in [2.45, 2.75) is 6.42 Å². The zero-order valence-electron chi connectivity index (χ0n) is 13.4. The molecule has 0 amide bonds. The Kier molecular flexibility index (Phi) is 5.22. The van der Waals surface area contributed by atoms with Gasteiger partial charge in [0.2, 0.25) is 0 Å². The summed E-state index contributed by atoms with van der Waals surface area (Å²) in [6.45, 7) is 4.51. The van der Waals surface area contributed by atoms with Gasteiger partial charge in [0.25, 0.3) is 0 Å². The molecule has 126 valence electrons. The van der Waals surface area contributed by atoms with Gasteiger partial charge >= 0.3 is 5.97 Å². The van der Waals surface area contributed by atoms with Crippen molar-refractivity contribution >= 4 is 17.4 Å². The molecule has 0 unspecified atom stereocenters. The van der Waals surface area contributed by atoms with E-state index in [-0.39, 0.29) is 0 Å². The van der Waals surface area contributed by atoms with E-state index in [1.54, 1.807) is 24.7 Å². The number of rotatable bonds is 4. The molecule has 2 aliphatic rings. The van der Waals surface area contributed by atoms with Crippen LogP contribution in [0.2, 0.25) is 0 Å². The van der Waals surface area contributed by atoms with E-state index in [1.807, 2.05) is 6.08 Å². The molecule has 3 N–H and O–H groups in total. The van der Waals surface area contributed by atoms with Crippen molar-refractivity contribution in [3.05, 3.63) is 48.1 Å². The smallest absolute Gasteiger partial charge is 0.328 e. The first-order valence-corrected chi connectivity index (χ1v) is 8.05. The van der Waals surface area contributed by atoms with Crippen LogP contribution in [0.5, 0.6) is 0 Å². The molecule has 0 saturated carbocycles. The maximum absolute atomic E-state index is 10.7. The summed E-state index contributed by atoms with van der Waals surface area (Å²) in [6, 6.07) is 0. The highest BCUT2D eigenvalue weighted by Gasteiger charge is 2.14. The fraction of sp³-hybridized carbons (Fsp3) is 0.353. The van der Waals surface area contributed by atoms with Crippen LogP contribution in [0.15, 0.2) is 42.4 Å². The van der Waals surface area contributed by atoms with Gasteiger partial charge in [-0.2, -0.15) is 0 Å². The first-order chi connectivity index (χ1) is 11.7. The van der Waals surface area contributed by atoms with E-state index < -0.39 is 5.97 Å². The summed E-state index contributed by atoms with van der Waals surface area (Å²) >= 11 is 0. The lowest BCUT2D eigenvalue weighted by molar-refractivity contribution is -0.131. The summed E-state index contributed by atoms with van der Waals surface area (Å²) in [5, 5.41) is 15.3. The largest absolute Gasteiger partial charge is 0.478 e. The lowest BCUT2D eigenvalue weighted by Crippen LogP contribution is -2.29. The molecule has 0 aliphatic carbocycles. The standard InChI is InChI=1S/C17H21N5O2/c23-17(24)3-2-13-8-14(10-19-9-13)15-11-20-12-16(21-15)22-6-1-4-18-5-7-22/h2-3,8-9,11-12,18-19H,1,4-7,10H2,(H,23,24). The molecule has 0 radical (unpaired) electrons. The average Bonchev–Trinajstić information content (AvgIpc) is 2.90. The average molecular weight is 327 g/mol. The van der Waals surface area contributed by atoms with E-state index in [2.05, 4.69) is 20.5 Å². The third-order valence-corrected chi connectivity index (χ3v) is 3.94. The van der Waals surface area contributed by atoms with Gasteiger partial charge in [-0.1, -0.05) is 0 Å². The van der Waals surface area contributed by atoms with Gasteiger partial charge in [0.05, 0.1) is 18.1 Å². The molecular formula is C17H21N5O2. The molecule has 1 aromatic heterocycles. The van der Waals surface area contributed by atoms with E-state index in [0.29, 0.717) is 6.54 Å². The Labute approximate surface area is 140 Å². The molecule has 0 spiro atoms. The number of anilines is 1. The number of carboxylic acid groups (broad SMARTS) is 1. The number of nitrogens with zero attached hydrogens (tertiary/aromatic N) is 3. The maximum Gasteiger partial charge on any atom is 0.328 e. The zero-order chi connectivity index (χ0) is 16.8. The van der Waals surface area contributed by atoms with Crippen molar-refractivity contribution in [3.63, 3.8) is 0 Å². The normalized spacial score (nSPS) is 18.6. The second-order valence-corrected chi connectivity index (χ2v) is 5.72. The van der Waals surface area contributed by atoms with Crippen LogP contribution >= 0.6 is 0 Å². The third-order valence-electron chi connectivity index (χ3n) is 3.94. The number of nitrogens with one attached hydrogen (secondary N) is 2. The molecule has 1 aromatic rings. The Morgan fingerprint density at radius 1 is 1.29 bits per heavy atom. The van der Waals surface area contributed by atoms with E-state index in [1.165, 1.54) is 0 Å². The first-order valence-electron chi connectivity index (χ1n) is 8.05. The molecule has 24 heavy (non-hydrogen) atoms. The Morgan fingerprint density at radius 3 is 3.08 bits per heavy atom. The lowest BCUT2D eigenvalue weighted by atomic mass is 10.1. The molecule has 2 aliphatic heterocycles. The van der Waals surface area contributed by atoms with Gasteiger partial charge in [-0.3, -0.25) is 4.98 Å². The van der Waals surface area contributed by atoms with Crippen LogP contribution in [-0.2, 0) is 4.79 Å². The van der Waals surface area contributed by atoms with Crippen LogP contribution in [0.1, 0.15) is 12.1 Å². The fourth-order valence-electron chi connectivity index (χ4n) is 2.74. The van der Waals surface area contributed by atoms with Gasteiger partial charge in [-0.15, -0.1) is 0 Å². The predicted molar refractivity (Wildman–Crippen MR) is 92.6 cm³/mol. The monoisotopic (exact) mass is 327 g/mol. The van der Waals surface area contributed by atoms with Crippen LogP contribution in [0, 0.1) is 0 Å². The Morgan fingerprint density at radius 2 is 2.21 bits per heavy atom. The number of aromatic nitrogens is 2. The highest BCUT2D eigenvalue weighted by atomic mass is 16.4. The molecule has 0 aromatic carbocycles. The van der Waals surface area contributed by atoms with E-state index >= 15 is 0 Å². The zero-order valence-corrected chi connectivity index (χ0v) is 13.4. The molecule has 1 saturated heterocycles. The number of allylic oxidation sites excluding steroid dienone is 3. The van der Waals surface area contributed by atoms with Crippen molar-refractivity contribution in [2.24, 2.45) is 0 Å². The van der Waals surface area contributed by atoms with Crippen molar-refractivity contribution in [2.75, 3.05) is 37.6 Å². The van der Waals surface area contributed by atoms with Crippen LogP contribution in [0.3, 0.4) is 0 Å². The molecule has 3 heterocycles. The van der Waals surface area contributed by atoms with Crippen LogP contribution in [-0.4, -0.2) is 53.8 Å². The third kappa shape index (κ3) is 4.20. The topological polar surface area (TPSA) is 90.4 Å². The summed E-state index contributed by atoms with van der Waals surface area (Å²) in [4.78, 5) is 22.0. The van der Waals surface area contributed by atoms with Gasteiger partial charge < -0.3 is 20.6 Å². The minimum absolute atomic E-state index is 0.643. The van der Waals surface area contributed by atoms with Crippen molar-refractivity contribution in [1.82, 2.24) is 20.6 Å². The summed E-state index contributed by atoms with van der Waals surface area (Å²) < 4.78 is 0. The molecule has 0 bridgehead atoms. The number of carbonyl (C=O) groups is 1. The highest BCUT2D eigenvalue weighted by Crippen LogP contribution is 2.20. The minimum Gasteiger partial charge on any atom is -0.478 e. The van der Waals surface area contributed by atoms with Gasteiger partial charge in [0.1, 0.15) is 5.82 Å². The molecule has 3 rings (SSSR count). The summed E-state index contributed by atoms with van der Waals surface area (Å²) in [6.07, 6.45) is 11.0. The summed E-state index contributed by atoms with van der Waals surface area (Å²) in [7, 11) is 0. The first kappa shape index (κ1) is 16.2. The number of hydrogen-bond donors (Lipinski definition) is 3. The van der Waals surface area contributed by atoms with Crippen LogP contribution < -0.4 is 15.5 Å². The summed E-state index contributed by atoms with van der Waals surface area (Å²) in [5.74, 6) is -0.0812. The van der Waals surface area contributed by atoms with Gasteiger partial charge in [-0.25, -0.2) is 9.78 Å². The van der Waals surface area contributed by atoms with Crippen molar-refractivity contribution in [1.29, 1.82) is 0 Å². The molecule has 7 heteroatoms.